The molecule has 2 aromatic heterocycles. The van der Waals surface area contributed by atoms with Gasteiger partial charge < -0.3 is 5.11 Å². The summed E-state index contributed by atoms with van der Waals surface area (Å²) in [6.07, 6.45) is 1.70. The highest BCUT2D eigenvalue weighted by Crippen LogP contribution is 2.46. The fourth-order valence-electron chi connectivity index (χ4n) is 8.26. The minimum atomic E-state index is -4.20. The van der Waals surface area contributed by atoms with Crippen molar-refractivity contribution in [3.05, 3.63) is 192 Å². The molecule has 4 nitrogen and oxygen atoms in total. The van der Waals surface area contributed by atoms with Gasteiger partial charge in [-0.2, -0.15) is 0 Å². The summed E-state index contributed by atoms with van der Waals surface area (Å²) in [5.74, 6) is -1.98. The lowest BCUT2D eigenvalue weighted by Crippen LogP contribution is -2.17. The van der Waals surface area contributed by atoms with Gasteiger partial charge in [0, 0.05) is 57.2 Å². The van der Waals surface area contributed by atoms with E-state index in [9.17, 15) is 5.11 Å². The number of hydrogen-bond donors (Lipinski definition) is 1. The zero-order chi connectivity index (χ0) is 63.3. The van der Waals surface area contributed by atoms with E-state index in [1.807, 2.05) is 106 Å². The SMILES string of the molecule is [2H]C([2H])([2H])c1ccc(-n2c(-c3cc(C(C([2H])([2H])[2H])(C([2H])([2H])[2H])C([2H])([2H])[2H])cc(C(C([2H])([2H])[2H])(C([2H])([2H])[2H])C([2H])([2H])[2H])c3O)nc3c(-c4cc(-c5cc(-c6ccc(-c7ccccc7)cc6)ccn5)cc(C(C)(C)C)c4)cccc32)c(-c2ccccc2)c1. The third kappa shape index (κ3) is 8.54. The van der Waals surface area contributed by atoms with E-state index in [-0.39, 0.29) is 33.9 Å². The molecule has 9 rings (SSSR count). The van der Waals surface area contributed by atoms with Gasteiger partial charge in [0.05, 0.1) is 28.0 Å². The van der Waals surface area contributed by atoms with Crippen LogP contribution in [0.2, 0.25) is 0 Å². The Morgan fingerprint density at radius 2 is 1.14 bits per heavy atom. The Morgan fingerprint density at radius 3 is 1.82 bits per heavy atom. The summed E-state index contributed by atoms with van der Waals surface area (Å²) >= 11 is 0. The molecule has 0 aliphatic heterocycles. The number of rotatable bonds is 7. The molecule has 0 saturated carbocycles. The predicted octanol–water partition coefficient (Wildman–Crippen LogP) is 16.3. The maximum Gasteiger partial charge on any atom is 0.149 e. The second-order valence-corrected chi connectivity index (χ2v) is 17.4. The normalized spacial score (nSPS) is 18.4. The van der Waals surface area contributed by atoms with E-state index in [1.54, 1.807) is 54.7 Å². The molecule has 2 heterocycles. The number of nitrogens with zero attached hydrogens (tertiary/aromatic N) is 3. The Labute approximate surface area is 414 Å². The molecule has 0 fully saturated rings. The third-order valence-electron chi connectivity index (χ3n) is 11.7. The number of pyridine rings is 1. The number of aryl methyl sites for hydroxylation is 1. The first-order valence-electron chi connectivity index (χ1n) is 31.5. The van der Waals surface area contributed by atoms with Gasteiger partial charge in [0.1, 0.15) is 11.6 Å². The summed E-state index contributed by atoms with van der Waals surface area (Å²) in [6, 6.07) is 46.0. The summed E-state index contributed by atoms with van der Waals surface area (Å²) < 4.78 is 184. The number of phenolic OH excluding ortho intramolecular Hbond substituents is 1. The van der Waals surface area contributed by atoms with Crippen molar-refractivity contribution in [1.82, 2.24) is 14.5 Å². The van der Waals surface area contributed by atoms with Crippen molar-refractivity contribution in [2.24, 2.45) is 0 Å². The summed E-state index contributed by atoms with van der Waals surface area (Å²) in [4.78, 5) is 9.95. The Kier molecular flexibility index (Phi) is 6.31. The lowest BCUT2D eigenvalue weighted by Gasteiger charge is -2.27. The molecule has 0 bridgehead atoms. The van der Waals surface area contributed by atoms with Gasteiger partial charge in [-0.1, -0.05) is 183 Å². The molecule has 0 unspecified atom stereocenters. The lowest BCUT2D eigenvalue weighted by molar-refractivity contribution is 0.446. The molecule has 0 atom stereocenters. The highest BCUT2D eigenvalue weighted by Gasteiger charge is 2.29. The fourth-order valence-corrected chi connectivity index (χ4v) is 8.26. The lowest BCUT2D eigenvalue weighted by atomic mass is 9.79. The number of benzene rings is 7. The molecular weight excluding hydrogens is 791 g/mol. The van der Waals surface area contributed by atoms with Crippen LogP contribution in [-0.4, -0.2) is 19.6 Å². The van der Waals surface area contributed by atoms with Crippen LogP contribution in [0.15, 0.2) is 170 Å². The molecule has 7 aromatic carbocycles. The van der Waals surface area contributed by atoms with Gasteiger partial charge in [-0.15, -0.1) is 0 Å². The Bertz CT molecular complexity index is 3920. The average molecular weight is 871 g/mol. The maximum absolute atomic E-state index is 13.0. The molecule has 0 spiro atoms. The van der Waals surface area contributed by atoms with Crippen molar-refractivity contribution in [2.75, 3.05) is 0 Å². The largest absolute Gasteiger partial charge is 0.507 e. The van der Waals surface area contributed by atoms with E-state index in [1.165, 1.54) is 22.8 Å². The first-order chi connectivity index (χ1) is 39.6. The Balaban J connectivity index is 1.44. The van der Waals surface area contributed by atoms with Gasteiger partial charge in [0.2, 0.25) is 0 Å². The van der Waals surface area contributed by atoms with E-state index < -0.39 is 92.5 Å². The molecule has 0 aliphatic rings. The van der Waals surface area contributed by atoms with E-state index >= 15 is 0 Å². The van der Waals surface area contributed by atoms with Gasteiger partial charge in [-0.05, 0) is 116 Å². The summed E-state index contributed by atoms with van der Waals surface area (Å²) in [5, 5.41) is 13.0. The van der Waals surface area contributed by atoms with E-state index in [2.05, 4.69) is 0 Å². The number of para-hydroxylation sites is 1. The second-order valence-electron chi connectivity index (χ2n) is 17.4. The van der Waals surface area contributed by atoms with Crippen molar-refractivity contribution < 1.29 is 33.9 Å². The highest BCUT2D eigenvalue weighted by molar-refractivity contribution is 5.98. The van der Waals surface area contributed by atoms with Crippen LogP contribution in [0.25, 0.3) is 83.9 Å². The number of aromatic hydroxyl groups is 1. The number of aromatic nitrogens is 3. The number of phenols is 1. The quantitative estimate of drug-likeness (QED) is 0.174. The second kappa shape index (κ2) is 16.5. The van der Waals surface area contributed by atoms with Crippen LogP contribution < -0.4 is 0 Å². The zero-order valence-corrected chi connectivity index (χ0v) is 36.0. The van der Waals surface area contributed by atoms with Crippen molar-refractivity contribution in [2.45, 2.75) is 85.0 Å². The molecule has 0 aliphatic carbocycles. The first-order valence-corrected chi connectivity index (χ1v) is 21.0. The molecule has 65 heavy (non-hydrogen) atoms. The van der Waals surface area contributed by atoms with Gasteiger partial charge in [-0.3, -0.25) is 9.55 Å². The Morgan fingerprint density at radius 1 is 0.492 bits per heavy atom. The van der Waals surface area contributed by atoms with Crippen LogP contribution in [0.3, 0.4) is 0 Å². The molecule has 9 aromatic rings. The van der Waals surface area contributed by atoms with Crippen LogP contribution in [0.1, 0.15) is 113 Å². The van der Waals surface area contributed by atoms with E-state index in [0.29, 0.717) is 34.0 Å². The summed E-state index contributed by atoms with van der Waals surface area (Å²) in [6.45, 7) is -21.5. The van der Waals surface area contributed by atoms with Crippen LogP contribution in [-0.2, 0) is 16.2 Å². The maximum atomic E-state index is 13.0. The average Bonchev–Trinajstić information content (AvgIpc) is 1.44. The van der Waals surface area contributed by atoms with Gasteiger partial charge in [0.15, 0.2) is 0 Å². The smallest absolute Gasteiger partial charge is 0.149 e. The molecule has 324 valence electrons. The first kappa shape index (κ1) is 24.9. The molecular formula is C61H59N3O. The molecule has 1 N–H and O–H groups in total. The minimum Gasteiger partial charge on any atom is -0.507 e. The van der Waals surface area contributed by atoms with Crippen LogP contribution in [0.5, 0.6) is 5.75 Å². The van der Waals surface area contributed by atoms with Crippen LogP contribution in [0.4, 0.5) is 0 Å². The molecule has 0 saturated heterocycles. The highest BCUT2D eigenvalue weighted by atomic mass is 16.3. The van der Waals surface area contributed by atoms with Gasteiger partial charge in [0.25, 0.3) is 0 Å². The van der Waals surface area contributed by atoms with Gasteiger partial charge in [-0.25, -0.2) is 4.98 Å². The van der Waals surface area contributed by atoms with E-state index in [0.717, 1.165) is 27.8 Å². The Hall–Kier alpha value is -7.04. The van der Waals surface area contributed by atoms with Gasteiger partial charge >= 0.3 is 0 Å². The van der Waals surface area contributed by atoms with E-state index in [4.69, 9.17) is 38.8 Å². The standard InChI is InChI=1S/C61H59N3O/c1-39-24-29-54(50(32-39)43-20-15-12-16-21-43)64-55-23-17-22-49(56(55)63-58(64)51-37-48(60(5,6)7)38-52(57(51)65)61(8,9)10)45-33-46(35-47(34-45)59(2,3)4)53-36-44(30-31-62-53)42-27-25-41(26-28-42)40-18-13-11-14-19-40/h11-38,65H,1-10H3/i1D3,5D3,6D3,7D3,8D3,9D3,10D3. The summed E-state index contributed by atoms with van der Waals surface area (Å²) in [5.41, 5.74) is -4.88. The number of imidazole rings is 1. The molecule has 4 heteroatoms. The number of fused-ring (bicyclic) bond motifs is 1. The third-order valence-corrected chi connectivity index (χ3v) is 11.7. The monoisotopic (exact) mass is 871 g/mol. The van der Waals surface area contributed by atoms with Crippen molar-refractivity contribution in [1.29, 1.82) is 0 Å². The van der Waals surface area contributed by atoms with Crippen LogP contribution in [0, 0.1) is 6.85 Å². The van der Waals surface area contributed by atoms with Crippen LogP contribution >= 0.6 is 0 Å². The van der Waals surface area contributed by atoms with Crippen molar-refractivity contribution in [3.8, 4) is 78.6 Å². The fraction of sp³-hybridized carbons (Fsp3) is 0.213. The molecule has 0 amide bonds. The number of hydrogen-bond acceptors (Lipinski definition) is 3. The minimum absolute atomic E-state index is 0.0763. The van der Waals surface area contributed by atoms with Crippen molar-refractivity contribution >= 4 is 11.0 Å². The van der Waals surface area contributed by atoms with Crippen molar-refractivity contribution in [3.63, 3.8) is 0 Å². The predicted molar refractivity (Wildman–Crippen MR) is 274 cm³/mol. The molecule has 0 radical (unpaired) electrons. The summed E-state index contributed by atoms with van der Waals surface area (Å²) in [7, 11) is 0. The topological polar surface area (TPSA) is 50.9 Å². The zero-order valence-electron chi connectivity index (χ0n) is 57.0.